The number of hydrazone groups is 1. The molecule has 0 saturated heterocycles. The zero-order valence-electron chi connectivity index (χ0n) is 12.7. The fourth-order valence-electron chi connectivity index (χ4n) is 2.64. The minimum Gasteiger partial charge on any atom is -0.255 e. The molecule has 1 heterocycles. The molecule has 0 radical (unpaired) electrons. The van der Waals surface area contributed by atoms with E-state index in [4.69, 9.17) is 0 Å². The monoisotopic (exact) mass is 335 g/mol. The van der Waals surface area contributed by atoms with E-state index in [1.54, 1.807) is 18.2 Å². The summed E-state index contributed by atoms with van der Waals surface area (Å²) in [6, 6.07) is 20.9. The second kappa shape index (κ2) is 6.45. The van der Waals surface area contributed by atoms with Crippen LogP contribution in [-0.2, 0) is 0 Å². The van der Waals surface area contributed by atoms with Gasteiger partial charge in [-0.1, -0.05) is 66.4 Å². The van der Waals surface area contributed by atoms with E-state index in [9.17, 15) is 4.39 Å². The lowest BCUT2D eigenvalue weighted by Crippen LogP contribution is -2.25. The van der Waals surface area contributed by atoms with E-state index >= 15 is 0 Å². The topological polar surface area (TPSA) is 36.8 Å². The molecule has 5 heteroatoms. The average Bonchev–Trinajstić information content (AvgIpc) is 2.64. The number of hydrogen-bond acceptors (Lipinski definition) is 3. The molecule has 0 unspecified atom stereocenters. The van der Waals surface area contributed by atoms with E-state index in [2.05, 4.69) is 39.8 Å². The molecule has 0 spiro atoms. The lowest BCUT2D eigenvalue weighted by atomic mass is 10.0. The first-order valence-electron chi connectivity index (χ1n) is 7.58. The molecule has 0 saturated carbocycles. The summed E-state index contributed by atoms with van der Waals surface area (Å²) >= 11 is 1.52. The van der Waals surface area contributed by atoms with E-state index in [0.29, 0.717) is 16.6 Å². The Morgan fingerprint density at radius 3 is 2.58 bits per heavy atom. The van der Waals surface area contributed by atoms with Crippen LogP contribution in [0.1, 0.15) is 5.56 Å². The van der Waals surface area contributed by atoms with Crippen LogP contribution in [0.2, 0.25) is 0 Å². The summed E-state index contributed by atoms with van der Waals surface area (Å²) < 4.78 is 13.7. The number of benzene rings is 3. The standard InChI is InChI=1S/C19H14FN3S/c20-16-10-3-4-11-17(16)21-19-23-22-18(12-24-19)15-9-5-7-13-6-1-2-8-14(13)15/h1-11H,12H2,(H,21,23). The van der Waals surface area contributed by atoms with Gasteiger partial charge in [-0.2, -0.15) is 5.10 Å². The quantitative estimate of drug-likeness (QED) is 0.736. The summed E-state index contributed by atoms with van der Waals surface area (Å²) in [7, 11) is 0. The van der Waals surface area contributed by atoms with Crippen LogP contribution >= 0.6 is 11.8 Å². The van der Waals surface area contributed by atoms with Crippen molar-refractivity contribution in [2.75, 3.05) is 5.75 Å². The van der Waals surface area contributed by atoms with E-state index in [-0.39, 0.29) is 5.82 Å². The molecule has 4 rings (SSSR count). The molecular formula is C19H14FN3S. The van der Waals surface area contributed by atoms with Gasteiger partial charge in [0.05, 0.1) is 5.71 Å². The van der Waals surface area contributed by atoms with Gasteiger partial charge in [0.25, 0.3) is 0 Å². The summed E-state index contributed by atoms with van der Waals surface area (Å²) in [5.41, 5.74) is 5.33. The molecule has 0 bridgehead atoms. The summed E-state index contributed by atoms with van der Waals surface area (Å²) in [6.45, 7) is 0. The van der Waals surface area contributed by atoms with E-state index in [1.165, 1.54) is 28.6 Å². The highest BCUT2D eigenvalue weighted by molar-refractivity contribution is 8.14. The lowest BCUT2D eigenvalue weighted by Gasteiger charge is -2.16. The summed E-state index contributed by atoms with van der Waals surface area (Å²) in [5, 5.41) is 7.42. The molecule has 3 nitrogen and oxygen atoms in total. The number of aliphatic imine (C=N–C) groups is 1. The maximum Gasteiger partial charge on any atom is 0.182 e. The number of nitrogens with one attached hydrogen (secondary N) is 1. The Morgan fingerprint density at radius 2 is 1.75 bits per heavy atom. The molecule has 0 atom stereocenters. The number of rotatable bonds is 2. The van der Waals surface area contributed by atoms with Gasteiger partial charge >= 0.3 is 0 Å². The van der Waals surface area contributed by atoms with Gasteiger partial charge in [0, 0.05) is 11.3 Å². The Hall–Kier alpha value is -2.66. The second-order valence-electron chi connectivity index (χ2n) is 5.35. The van der Waals surface area contributed by atoms with Crippen molar-refractivity contribution >= 4 is 39.1 Å². The van der Waals surface area contributed by atoms with E-state index in [0.717, 1.165) is 11.3 Å². The predicted molar refractivity (Wildman–Crippen MR) is 99.6 cm³/mol. The Kier molecular flexibility index (Phi) is 4.01. The van der Waals surface area contributed by atoms with Gasteiger partial charge in [-0.15, -0.1) is 0 Å². The average molecular weight is 335 g/mol. The number of para-hydroxylation sites is 1. The molecule has 0 fully saturated rings. The Bertz CT molecular complexity index is 960. The largest absolute Gasteiger partial charge is 0.255 e. The minimum atomic E-state index is -0.337. The highest BCUT2D eigenvalue weighted by Crippen LogP contribution is 2.24. The van der Waals surface area contributed by atoms with Gasteiger partial charge in [0.15, 0.2) is 5.17 Å². The first-order valence-corrected chi connectivity index (χ1v) is 8.56. The normalized spacial score (nSPS) is 16.0. The van der Waals surface area contributed by atoms with Crippen molar-refractivity contribution < 1.29 is 4.39 Å². The Labute approximate surface area is 143 Å². The maximum atomic E-state index is 13.7. The number of thioether (sulfide) groups is 1. The molecule has 0 aliphatic carbocycles. The summed E-state index contributed by atoms with van der Waals surface area (Å²) in [4.78, 5) is 4.29. The zero-order valence-corrected chi connectivity index (χ0v) is 13.6. The van der Waals surface area contributed by atoms with Crippen molar-refractivity contribution in [3.05, 3.63) is 78.1 Å². The minimum absolute atomic E-state index is 0.316. The van der Waals surface area contributed by atoms with Crippen molar-refractivity contribution in [3.63, 3.8) is 0 Å². The molecule has 0 aromatic heterocycles. The first kappa shape index (κ1) is 14.9. The molecule has 1 aliphatic rings. The van der Waals surface area contributed by atoms with Crippen LogP contribution in [0.5, 0.6) is 0 Å². The van der Waals surface area contributed by atoms with Crippen LogP contribution in [-0.4, -0.2) is 16.6 Å². The Morgan fingerprint density at radius 1 is 0.958 bits per heavy atom. The van der Waals surface area contributed by atoms with Crippen LogP contribution in [0.3, 0.4) is 0 Å². The third-order valence-corrected chi connectivity index (χ3v) is 4.68. The van der Waals surface area contributed by atoms with Crippen molar-refractivity contribution in [2.24, 2.45) is 10.1 Å². The van der Waals surface area contributed by atoms with Crippen LogP contribution in [0, 0.1) is 5.82 Å². The fraction of sp³-hybridized carbons (Fsp3) is 0.0526. The molecule has 3 aromatic rings. The van der Waals surface area contributed by atoms with E-state index in [1.807, 2.05) is 18.2 Å². The van der Waals surface area contributed by atoms with Crippen molar-refractivity contribution in [2.45, 2.75) is 0 Å². The van der Waals surface area contributed by atoms with E-state index < -0.39 is 0 Å². The zero-order chi connectivity index (χ0) is 16.4. The van der Waals surface area contributed by atoms with Crippen LogP contribution in [0.4, 0.5) is 10.1 Å². The molecule has 1 aliphatic heterocycles. The van der Waals surface area contributed by atoms with Gasteiger partial charge in [0.1, 0.15) is 11.5 Å². The number of fused-ring (bicyclic) bond motifs is 1. The van der Waals surface area contributed by atoms with Gasteiger partial charge < -0.3 is 0 Å². The SMILES string of the molecule is Fc1ccccc1N=C1NN=C(c2cccc3ccccc23)CS1. The molecule has 24 heavy (non-hydrogen) atoms. The maximum absolute atomic E-state index is 13.7. The molecule has 0 amide bonds. The van der Waals surface area contributed by atoms with Crippen molar-refractivity contribution in [1.82, 2.24) is 5.43 Å². The fourth-order valence-corrected chi connectivity index (χ4v) is 3.41. The van der Waals surface area contributed by atoms with Gasteiger partial charge in [-0.05, 0) is 22.9 Å². The highest BCUT2D eigenvalue weighted by Gasteiger charge is 2.15. The first-order chi connectivity index (χ1) is 11.8. The predicted octanol–water partition coefficient (Wildman–Crippen LogP) is 4.71. The van der Waals surface area contributed by atoms with Gasteiger partial charge in [0.2, 0.25) is 0 Å². The Balaban J connectivity index is 1.64. The number of amidine groups is 1. The molecule has 118 valence electrons. The van der Waals surface area contributed by atoms with Gasteiger partial charge in [-0.3, -0.25) is 5.43 Å². The smallest absolute Gasteiger partial charge is 0.182 e. The van der Waals surface area contributed by atoms with Gasteiger partial charge in [-0.25, -0.2) is 9.38 Å². The summed E-state index contributed by atoms with van der Waals surface area (Å²) in [6.07, 6.45) is 0. The lowest BCUT2D eigenvalue weighted by molar-refractivity contribution is 0.630. The molecule has 1 N–H and O–H groups in total. The van der Waals surface area contributed by atoms with Crippen LogP contribution < -0.4 is 5.43 Å². The third-order valence-electron chi connectivity index (χ3n) is 3.81. The van der Waals surface area contributed by atoms with Crippen LogP contribution in [0.15, 0.2) is 76.8 Å². The molecular weight excluding hydrogens is 321 g/mol. The summed E-state index contributed by atoms with van der Waals surface area (Å²) in [5.74, 6) is 0.352. The number of hydrogen-bond donors (Lipinski definition) is 1. The van der Waals surface area contributed by atoms with Crippen molar-refractivity contribution in [1.29, 1.82) is 0 Å². The molecule has 3 aromatic carbocycles. The number of nitrogens with zero attached hydrogens (tertiary/aromatic N) is 2. The van der Waals surface area contributed by atoms with Crippen molar-refractivity contribution in [3.8, 4) is 0 Å². The second-order valence-corrected chi connectivity index (χ2v) is 6.32. The highest BCUT2D eigenvalue weighted by atomic mass is 32.2. The number of halogens is 1. The van der Waals surface area contributed by atoms with Crippen LogP contribution in [0.25, 0.3) is 10.8 Å². The third kappa shape index (κ3) is 2.90.